The van der Waals surface area contributed by atoms with Crippen molar-refractivity contribution in [3.8, 4) is 29.2 Å². The lowest BCUT2D eigenvalue weighted by Gasteiger charge is -2.25. The highest BCUT2D eigenvalue weighted by Crippen LogP contribution is 2.45. The molecule has 0 aliphatic rings. The molecule has 0 aliphatic carbocycles. The van der Waals surface area contributed by atoms with E-state index in [1.165, 1.54) is 0 Å². The summed E-state index contributed by atoms with van der Waals surface area (Å²) in [6, 6.07) is 55.3. The molecule has 5 nitrogen and oxygen atoms in total. The van der Waals surface area contributed by atoms with Crippen molar-refractivity contribution in [3.05, 3.63) is 162 Å². The van der Waals surface area contributed by atoms with E-state index in [4.69, 9.17) is 0 Å². The van der Waals surface area contributed by atoms with Crippen molar-refractivity contribution in [2.45, 2.75) is 6.92 Å². The third-order valence-electron chi connectivity index (χ3n) is 10.3. The zero-order chi connectivity index (χ0) is 33.5. The molecule has 0 spiro atoms. The van der Waals surface area contributed by atoms with E-state index in [2.05, 4.69) is 142 Å². The van der Waals surface area contributed by atoms with Crippen LogP contribution in [0.4, 0.5) is 0 Å². The molecule has 0 aliphatic heterocycles. The lowest BCUT2D eigenvalue weighted by molar-refractivity contribution is 1.04. The Labute approximate surface area is 287 Å². The van der Waals surface area contributed by atoms with Gasteiger partial charge in [-0.25, -0.2) is 0 Å². The molecule has 10 rings (SSSR count). The molecule has 0 atom stereocenters. The summed E-state index contributed by atoms with van der Waals surface area (Å²) in [6.45, 7) is 2.11. The van der Waals surface area contributed by atoms with E-state index in [9.17, 15) is 10.5 Å². The van der Waals surface area contributed by atoms with Crippen LogP contribution in [0.3, 0.4) is 0 Å². The lowest BCUT2D eigenvalue weighted by Crippen LogP contribution is -2.14. The number of fused-ring (bicyclic) bond motifs is 9. The molecule has 0 unspecified atom stereocenters. The topological polar surface area (TPSA) is 62.4 Å². The number of aromatic nitrogens is 3. The highest BCUT2D eigenvalue weighted by Gasteiger charge is 2.30. The van der Waals surface area contributed by atoms with E-state index >= 15 is 0 Å². The average Bonchev–Trinajstić information content (AvgIpc) is 3.80. The van der Waals surface area contributed by atoms with Gasteiger partial charge in [0.05, 0.1) is 61.3 Å². The highest BCUT2D eigenvalue weighted by atomic mass is 15.1. The van der Waals surface area contributed by atoms with Gasteiger partial charge in [-0.1, -0.05) is 109 Å². The van der Waals surface area contributed by atoms with E-state index in [0.717, 1.165) is 76.7 Å². The molecule has 0 amide bonds. The fraction of sp³-hybridized carbons (Fsp3) is 0.0222. The number of para-hydroxylation sites is 6. The highest BCUT2D eigenvalue weighted by molar-refractivity contribution is 6.13. The van der Waals surface area contributed by atoms with Gasteiger partial charge in [-0.05, 0) is 43.3 Å². The summed E-state index contributed by atoms with van der Waals surface area (Å²) in [5, 5.41) is 29.1. The molecule has 3 aromatic heterocycles. The average molecular weight is 638 g/mol. The summed E-state index contributed by atoms with van der Waals surface area (Å²) >= 11 is 0. The van der Waals surface area contributed by atoms with Crippen molar-refractivity contribution in [1.29, 1.82) is 10.5 Å². The van der Waals surface area contributed by atoms with Gasteiger partial charge < -0.3 is 13.7 Å². The number of rotatable bonds is 3. The Balaban J connectivity index is 1.51. The van der Waals surface area contributed by atoms with Crippen LogP contribution < -0.4 is 0 Å². The maximum absolute atomic E-state index is 11.3. The van der Waals surface area contributed by atoms with Crippen LogP contribution in [0.25, 0.3) is 82.5 Å². The van der Waals surface area contributed by atoms with Crippen molar-refractivity contribution >= 4 is 65.4 Å². The first-order valence-corrected chi connectivity index (χ1v) is 16.7. The van der Waals surface area contributed by atoms with Crippen molar-refractivity contribution < 1.29 is 0 Å². The predicted molar refractivity (Wildman–Crippen MR) is 204 cm³/mol. The number of nitriles is 2. The second-order valence-corrected chi connectivity index (χ2v) is 12.8. The number of hydrogen-bond acceptors (Lipinski definition) is 2. The van der Waals surface area contributed by atoms with Crippen molar-refractivity contribution in [2.75, 3.05) is 0 Å². The maximum atomic E-state index is 11.3. The molecule has 5 heteroatoms. The predicted octanol–water partition coefficient (Wildman–Crippen LogP) is 11.0. The van der Waals surface area contributed by atoms with Gasteiger partial charge in [0.15, 0.2) is 0 Å². The lowest BCUT2D eigenvalue weighted by atomic mass is 9.96. The smallest absolute Gasteiger partial charge is 0.103 e. The summed E-state index contributed by atoms with van der Waals surface area (Å²) in [5.74, 6) is 0. The molecule has 0 bridgehead atoms. The SMILES string of the molecule is Cc1c(-n2c3ccccc3c3ccccc32)c(C#N)c(C#N)c(-n2c3ccccc3c3ccccc32)c1-n1c2ccccc2c2ccccc21. The zero-order valence-corrected chi connectivity index (χ0v) is 27.1. The van der Waals surface area contributed by atoms with Gasteiger partial charge in [0.1, 0.15) is 12.1 Å². The van der Waals surface area contributed by atoms with Crippen molar-refractivity contribution in [2.24, 2.45) is 0 Å². The molecule has 232 valence electrons. The minimum absolute atomic E-state index is 0.332. The van der Waals surface area contributed by atoms with Gasteiger partial charge in [0.25, 0.3) is 0 Å². The molecule has 10 aromatic rings. The molecular weight excluding hydrogens is 611 g/mol. The quantitative estimate of drug-likeness (QED) is 0.193. The van der Waals surface area contributed by atoms with Crippen molar-refractivity contribution in [1.82, 2.24) is 13.7 Å². The van der Waals surface area contributed by atoms with E-state index < -0.39 is 0 Å². The Hall–Kier alpha value is -7.08. The van der Waals surface area contributed by atoms with Crippen LogP contribution in [0.5, 0.6) is 0 Å². The molecule has 0 saturated heterocycles. The summed E-state index contributed by atoms with van der Waals surface area (Å²) in [5.41, 5.74) is 9.80. The molecule has 0 fully saturated rings. The number of nitrogens with zero attached hydrogens (tertiary/aromatic N) is 5. The Kier molecular flexibility index (Phi) is 5.85. The van der Waals surface area contributed by atoms with Gasteiger partial charge in [0, 0.05) is 37.9 Å². The molecule has 3 heterocycles. The van der Waals surface area contributed by atoms with E-state index in [1.807, 2.05) is 36.4 Å². The molecule has 7 aromatic carbocycles. The van der Waals surface area contributed by atoms with E-state index in [1.54, 1.807) is 0 Å². The summed E-state index contributed by atoms with van der Waals surface area (Å²) in [7, 11) is 0. The maximum Gasteiger partial charge on any atom is 0.103 e. The summed E-state index contributed by atoms with van der Waals surface area (Å²) < 4.78 is 6.69. The fourth-order valence-electron chi connectivity index (χ4n) is 8.31. The second-order valence-electron chi connectivity index (χ2n) is 12.8. The first kappa shape index (κ1) is 28.0. The number of benzene rings is 7. The van der Waals surface area contributed by atoms with Gasteiger partial charge in [-0.2, -0.15) is 10.5 Å². The third kappa shape index (κ3) is 3.58. The normalized spacial score (nSPS) is 11.7. The second kappa shape index (κ2) is 10.5. The number of hydrogen-bond donors (Lipinski definition) is 0. The van der Waals surface area contributed by atoms with Crippen LogP contribution >= 0.6 is 0 Å². The molecule has 0 radical (unpaired) electrons. The van der Waals surface area contributed by atoms with Gasteiger partial charge >= 0.3 is 0 Å². The van der Waals surface area contributed by atoms with Crippen LogP contribution in [0.15, 0.2) is 146 Å². The largest absolute Gasteiger partial charge is 0.308 e. The summed E-state index contributed by atoms with van der Waals surface area (Å²) in [6.07, 6.45) is 0. The minimum atomic E-state index is 0.332. The van der Waals surface area contributed by atoms with Crippen molar-refractivity contribution in [3.63, 3.8) is 0 Å². The Morgan fingerprint density at radius 2 is 0.580 bits per heavy atom. The standard InChI is InChI=1S/C45H27N5/c1-28-43(48-37-20-8-2-14-29(37)30-15-3-9-21-38(30)48)35(26-46)36(27-47)45(50-41-24-12-6-18-33(41)34-19-7-13-25-42(34)50)44(28)49-39-22-10-4-16-31(39)32-17-5-11-23-40(32)49/h2-25H,1H3. The van der Waals surface area contributed by atoms with E-state index in [0.29, 0.717) is 22.5 Å². The van der Waals surface area contributed by atoms with Crippen LogP contribution in [-0.4, -0.2) is 13.7 Å². The molecule has 0 saturated carbocycles. The molecule has 0 N–H and O–H groups in total. The Morgan fingerprint density at radius 1 is 0.340 bits per heavy atom. The van der Waals surface area contributed by atoms with Crippen LogP contribution in [0.1, 0.15) is 16.7 Å². The Morgan fingerprint density at radius 3 is 0.880 bits per heavy atom. The third-order valence-corrected chi connectivity index (χ3v) is 10.3. The zero-order valence-electron chi connectivity index (χ0n) is 27.1. The monoisotopic (exact) mass is 637 g/mol. The molecule has 50 heavy (non-hydrogen) atoms. The van der Waals surface area contributed by atoms with Crippen LogP contribution in [-0.2, 0) is 0 Å². The van der Waals surface area contributed by atoms with Gasteiger partial charge in [-0.15, -0.1) is 0 Å². The first-order chi connectivity index (χ1) is 24.7. The summed E-state index contributed by atoms with van der Waals surface area (Å²) in [4.78, 5) is 0. The molecular formula is C45H27N5. The fourth-order valence-corrected chi connectivity index (χ4v) is 8.31. The van der Waals surface area contributed by atoms with Gasteiger partial charge in [0.2, 0.25) is 0 Å². The van der Waals surface area contributed by atoms with Crippen LogP contribution in [0.2, 0.25) is 0 Å². The van der Waals surface area contributed by atoms with Crippen LogP contribution in [0, 0.1) is 29.6 Å². The Bertz CT molecular complexity index is 2980. The van der Waals surface area contributed by atoms with E-state index in [-0.39, 0.29) is 0 Å². The first-order valence-electron chi connectivity index (χ1n) is 16.7. The minimum Gasteiger partial charge on any atom is -0.308 e. The van der Waals surface area contributed by atoms with Gasteiger partial charge in [-0.3, -0.25) is 0 Å².